The van der Waals surface area contributed by atoms with Crippen molar-refractivity contribution in [1.82, 2.24) is 10.2 Å². The standard InChI is InChI=1S/C12H24N2O2S/c1-3-17(15,16)7-6-14-9-10(2)13-8-12(14)11-4-5-11/h10-13H,3-9H2,1-2H3. The molecule has 100 valence electrons. The molecule has 2 atom stereocenters. The Kier molecular flexibility index (Phi) is 4.10. The van der Waals surface area contributed by atoms with Gasteiger partial charge >= 0.3 is 0 Å². The molecule has 1 aliphatic heterocycles. The first-order chi connectivity index (χ1) is 8.02. The van der Waals surface area contributed by atoms with Crippen LogP contribution in [0, 0.1) is 5.92 Å². The van der Waals surface area contributed by atoms with Gasteiger partial charge in [-0.3, -0.25) is 4.90 Å². The third kappa shape index (κ3) is 3.66. The van der Waals surface area contributed by atoms with Crippen molar-refractivity contribution in [3.63, 3.8) is 0 Å². The van der Waals surface area contributed by atoms with Gasteiger partial charge in [0.1, 0.15) is 0 Å². The number of rotatable bonds is 5. The highest BCUT2D eigenvalue weighted by atomic mass is 32.2. The van der Waals surface area contributed by atoms with Crippen LogP contribution in [0.2, 0.25) is 0 Å². The van der Waals surface area contributed by atoms with E-state index in [9.17, 15) is 8.42 Å². The highest BCUT2D eigenvalue weighted by Gasteiger charge is 2.37. The van der Waals surface area contributed by atoms with Crippen LogP contribution >= 0.6 is 0 Å². The maximum atomic E-state index is 11.6. The van der Waals surface area contributed by atoms with Crippen LogP contribution in [0.1, 0.15) is 26.7 Å². The molecule has 1 heterocycles. The van der Waals surface area contributed by atoms with Crippen molar-refractivity contribution in [2.24, 2.45) is 5.92 Å². The molecule has 5 heteroatoms. The number of piperazine rings is 1. The van der Waals surface area contributed by atoms with E-state index in [0.717, 1.165) is 19.0 Å². The number of nitrogens with one attached hydrogen (secondary N) is 1. The molecule has 17 heavy (non-hydrogen) atoms. The summed E-state index contributed by atoms with van der Waals surface area (Å²) in [4.78, 5) is 2.39. The largest absolute Gasteiger partial charge is 0.311 e. The number of sulfone groups is 1. The Labute approximate surface area is 105 Å². The molecule has 4 nitrogen and oxygen atoms in total. The predicted octanol–water partition coefficient (Wildman–Crippen LogP) is 0.493. The lowest BCUT2D eigenvalue weighted by Gasteiger charge is -2.39. The zero-order valence-electron chi connectivity index (χ0n) is 10.9. The van der Waals surface area contributed by atoms with Crippen molar-refractivity contribution in [2.45, 2.75) is 38.8 Å². The van der Waals surface area contributed by atoms with Crippen LogP contribution in [0.4, 0.5) is 0 Å². The number of hydrogen-bond donors (Lipinski definition) is 1. The zero-order valence-corrected chi connectivity index (χ0v) is 11.7. The van der Waals surface area contributed by atoms with Gasteiger partial charge in [0.2, 0.25) is 0 Å². The molecule has 2 fully saturated rings. The Bertz CT molecular complexity index is 352. The maximum Gasteiger partial charge on any atom is 0.151 e. The molecule has 1 saturated heterocycles. The second-order valence-electron chi connectivity index (χ2n) is 5.45. The fraction of sp³-hybridized carbons (Fsp3) is 1.00. The molecule has 1 saturated carbocycles. The summed E-state index contributed by atoms with van der Waals surface area (Å²) >= 11 is 0. The second kappa shape index (κ2) is 5.24. The van der Waals surface area contributed by atoms with Gasteiger partial charge in [-0.2, -0.15) is 0 Å². The Balaban J connectivity index is 1.91. The van der Waals surface area contributed by atoms with E-state index in [4.69, 9.17) is 0 Å². The van der Waals surface area contributed by atoms with E-state index < -0.39 is 9.84 Å². The third-order valence-electron chi connectivity index (χ3n) is 3.95. The lowest BCUT2D eigenvalue weighted by atomic mass is 10.1. The van der Waals surface area contributed by atoms with E-state index in [2.05, 4.69) is 17.1 Å². The summed E-state index contributed by atoms with van der Waals surface area (Å²) in [6, 6.07) is 1.05. The quantitative estimate of drug-likeness (QED) is 0.782. The molecule has 1 aliphatic carbocycles. The summed E-state index contributed by atoms with van der Waals surface area (Å²) < 4.78 is 23.1. The second-order valence-corrected chi connectivity index (χ2v) is 7.92. The summed E-state index contributed by atoms with van der Waals surface area (Å²) in [5, 5.41) is 3.50. The minimum absolute atomic E-state index is 0.267. The van der Waals surface area contributed by atoms with E-state index in [1.807, 2.05) is 0 Å². The lowest BCUT2D eigenvalue weighted by molar-refractivity contribution is 0.127. The molecular weight excluding hydrogens is 236 g/mol. The molecule has 0 aromatic rings. The summed E-state index contributed by atoms with van der Waals surface area (Å²) in [5.74, 6) is 1.39. The molecule has 0 radical (unpaired) electrons. The van der Waals surface area contributed by atoms with Gasteiger partial charge in [0.15, 0.2) is 9.84 Å². The summed E-state index contributed by atoms with van der Waals surface area (Å²) in [5.41, 5.74) is 0. The lowest BCUT2D eigenvalue weighted by Crippen LogP contribution is -2.57. The van der Waals surface area contributed by atoms with Crippen LogP contribution in [0.15, 0.2) is 0 Å². The smallest absolute Gasteiger partial charge is 0.151 e. The van der Waals surface area contributed by atoms with Crippen LogP contribution in [0.3, 0.4) is 0 Å². The van der Waals surface area contributed by atoms with Crippen molar-refractivity contribution in [3.05, 3.63) is 0 Å². The van der Waals surface area contributed by atoms with Crippen molar-refractivity contribution >= 4 is 9.84 Å². The summed E-state index contributed by atoms with van der Waals surface area (Å²) in [6.45, 7) is 6.63. The minimum Gasteiger partial charge on any atom is -0.311 e. The van der Waals surface area contributed by atoms with Crippen molar-refractivity contribution in [3.8, 4) is 0 Å². The Morgan fingerprint density at radius 2 is 2.06 bits per heavy atom. The molecule has 0 bridgehead atoms. The van der Waals surface area contributed by atoms with Gasteiger partial charge in [-0.1, -0.05) is 6.92 Å². The maximum absolute atomic E-state index is 11.6. The monoisotopic (exact) mass is 260 g/mol. The Hall–Kier alpha value is -0.130. The van der Waals surface area contributed by atoms with Crippen LogP contribution in [0.5, 0.6) is 0 Å². The van der Waals surface area contributed by atoms with Gasteiger partial charge in [-0.15, -0.1) is 0 Å². The summed E-state index contributed by atoms with van der Waals surface area (Å²) in [6.07, 6.45) is 2.63. The van der Waals surface area contributed by atoms with Gasteiger partial charge in [0.05, 0.1) is 5.75 Å². The average Bonchev–Trinajstić information content (AvgIpc) is 3.11. The van der Waals surface area contributed by atoms with E-state index >= 15 is 0 Å². The Morgan fingerprint density at radius 1 is 1.35 bits per heavy atom. The van der Waals surface area contributed by atoms with E-state index in [1.165, 1.54) is 12.8 Å². The van der Waals surface area contributed by atoms with Crippen molar-refractivity contribution in [1.29, 1.82) is 0 Å². The first kappa shape index (κ1) is 13.3. The topological polar surface area (TPSA) is 49.4 Å². The van der Waals surface area contributed by atoms with E-state index in [1.54, 1.807) is 6.92 Å². The first-order valence-corrected chi connectivity index (χ1v) is 8.52. The molecule has 0 aromatic carbocycles. The van der Waals surface area contributed by atoms with Gasteiger partial charge in [0.25, 0.3) is 0 Å². The Morgan fingerprint density at radius 3 is 2.65 bits per heavy atom. The number of hydrogen-bond acceptors (Lipinski definition) is 4. The highest BCUT2D eigenvalue weighted by Crippen LogP contribution is 2.36. The molecule has 0 spiro atoms. The average molecular weight is 260 g/mol. The van der Waals surface area contributed by atoms with E-state index in [0.29, 0.717) is 24.4 Å². The van der Waals surface area contributed by atoms with E-state index in [-0.39, 0.29) is 5.75 Å². The van der Waals surface area contributed by atoms with Crippen LogP contribution < -0.4 is 5.32 Å². The number of nitrogens with zero attached hydrogens (tertiary/aromatic N) is 1. The normalized spacial score (nSPS) is 31.6. The molecular formula is C12H24N2O2S. The third-order valence-corrected chi connectivity index (χ3v) is 5.63. The van der Waals surface area contributed by atoms with Gasteiger partial charge in [-0.05, 0) is 25.7 Å². The van der Waals surface area contributed by atoms with Crippen LogP contribution in [-0.2, 0) is 9.84 Å². The van der Waals surface area contributed by atoms with Crippen LogP contribution in [-0.4, -0.2) is 56.5 Å². The molecule has 2 rings (SSSR count). The van der Waals surface area contributed by atoms with Crippen molar-refractivity contribution < 1.29 is 8.42 Å². The molecule has 1 N–H and O–H groups in total. The van der Waals surface area contributed by atoms with Gasteiger partial charge in [-0.25, -0.2) is 8.42 Å². The fourth-order valence-electron chi connectivity index (χ4n) is 2.61. The summed E-state index contributed by atoms with van der Waals surface area (Å²) in [7, 11) is -2.83. The zero-order chi connectivity index (χ0) is 12.5. The molecule has 2 unspecified atom stereocenters. The molecule has 0 aromatic heterocycles. The van der Waals surface area contributed by atoms with Gasteiger partial charge < -0.3 is 5.32 Å². The predicted molar refractivity (Wildman–Crippen MR) is 69.9 cm³/mol. The van der Waals surface area contributed by atoms with Crippen LogP contribution in [0.25, 0.3) is 0 Å². The SMILES string of the molecule is CCS(=O)(=O)CCN1CC(C)NCC1C1CC1. The fourth-order valence-corrected chi connectivity index (χ4v) is 3.41. The van der Waals surface area contributed by atoms with Gasteiger partial charge in [0, 0.05) is 37.5 Å². The molecule has 0 amide bonds. The van der Waals surface area contributed by atoms with Crippen molar-refractivity contribution in [2.75, 3.05) is 31.1 Å². The minimum atomic E-state index is -2.83. The first-order valence-electron chi connectivity index (χ1n) is 6.69. The molecule has 2 aliphatic rings. The highest BCUT2D eigenvalue weighted by molar-refractivity contribution is 7.91.